The molecular formula is C12H12ClN5O2. The third-order valence-electron chi connectivity index (χ3n) is 2.57. The van der Waals surface area contributed by atoms with Crippen molar-refractivity contribution in [3.63, 3.8) is 0 Å². The zero-order valence-corrected chi connectivity index (χ0v) is 11.6. The Morgan fingerprint density at radius 2 is 1.90 bits per heavy atom. The smallest absolute Gasteiger partial charge is 0.332 e. The summed E-state index contributed by atoms with van der Waals surface area (Å²) in [6.45, 7) is 1.56. The van der Waals surface area contributed by atoms with Gasteiger partial charge in [-0.25, -0.2) is 4.98 Å². The summed E-state index contributed by atoms with van der Waals surface area (Å²) in [7, 11) is 1.65. The van der Waals surface area contributed by atoms with E-state index in [0.29, 0.717) is 16.7 Å². The highest BCUT2D eigenvalue weighted by Gasteiger charge is 2.21. The standard InChI is InChI=1S/C12H12ClN5O2/c1-7-10(18(19)20)11(17-12(14-2)15-7)16-9-5-3-8(13)4-6-9/h3-6H,1-2H3,(H2,14,15,16,17). The monoisotopic (exact) mass is 293 g/mol. The first-order valence-corrected chi connectivity index (χ1v) is 6.12. The second kappa shape index (κ2) is 5.70. The second-order valence-electron chi connectivity index (χ2n) is 3.97. The molecule has 104 valence electrons. The molecule has 2 N–H and O–H groups in total. The van der Waals surface area contributed by atoms with Gasteiger partial charge in [-0.3, -0.25) is 10.1 Å². The second-order valence-corrected chi connectivity index (χ2v) is 4.41. The zero-order chi connectivity index (χ0) is 14.7. The van der Waals surface area contributed by atoms with Gasteiger partial charge in [0, 0.05) is 17.8 Å². The van der Waals surface area contributed by atoms with Gasteiger partial charge in [0.15, 0.2) is 0 Å². The first kappa shape index (κ1) is 14.0. The molecule has 1 aromatic carbocycles. The molecule has 2 aromatic rings. The van der Waals surface area contributed by atoms with Crippen LogP contribution in [0.15, 0.2) is 24.3 Å². The lowest BCUT2D eigenvalue weighted by Crippen LogP contribution is -2.07. The Bertz CT molecular complexity index is 645. The van der Waals surface area contributed by atoms with Gasteiger partial charge in [0.1, 0.15) is 5.69 Å². The van der Waals surface area contributed by atoms with Crippen molar-refractivity contribution < 1.29 is 4.92 Å². The summed E-state index contributed by atoms with van der Waals surface area (Å²) in [5.74, 6) is 0.443. The third kappa shape index (κ3) is 2.94. The number of halogens is 1. The fourth-order valence-electron chi connectivity index (χ4n) is 1.65. The minimum atomic E-state index is -0.507. The lowest BCUT2D eigenvalue weighted by molar-refractivity contribution is -0.385. The van der Waals surface area contributed by atoms with Crippen LogP contribution in [-0.4, -0.2) is 21.9 Å². The highest BCUT2D eigenvalue weighted by Crippen LogP contribution is 2.29. The molecule has 0 unspecified atom stereocenters. The van der Waals surface area contributed by atoms with E-state index in [-0.39, 0.29) is 17.2 Å². The number of nitrogens with one attached hydrogen (secondary N) is 2. The largest absolute Gasteiger partial charge is 0.357 e. The Hall–Kier alpha value is -2.41. The van der Waals surface area contributed by atoms with E-state index in [1.54, 1.807) is 38.2 Å². The van der Waals surface area contributed by atoms with Crippen LogP contribution >= 0.6 is 11.6 Å². The van der Waals surface area contributed by atoms with E-state index in [9.17, 15) is 10.1 Å². The lowest BCUT2D eigenvalue weighted by atomic mass is 10.3. The summed E-state index contributed by atoms with van der Waals surface area (Å²) in [6, 6.07) is 6.79. The molecule has 0 aliphatic heterocycles. The summed E-state index contributed by atoms with van der Waals surface area (Å²) >= 11 is 5.80. The number of hydrogen-bond donors (Lipinski definition) is 2. The van der Waals surface area contributed by atoms with Gasteiger partial charge in [-0.15, -0.1) is 0 Å². The average Bonchev–Trinajstić information content (AvgIpc) is 2.40. The minimum Gasteiger partial charge on any atom is -0.357 e. The number of nitrogens with zero attached hydrogens (tertiary/aromatic N) is 3. The lowest BCUT2D eigenvalue weighted by Gasteiger charge is -2.09. The molecule has 0 bridgehead atoms. The highest BCUT2D eigenvalue weighted by molar-refractivity contribution is 6.30. The van der Waals surface area contributed by atoms with Crippen LogP contribution in [0, 0.1) is 17.0 Å². The van der Waals surface area contributed by atoms with E-state index in [4.69, 9.17) is 11.6 Å². The maximum Gasteiger partial charge on any atom is 0.332 e. The van der Waals surface area contributed by atoms with Crippen LogP contribution in [0.5, 0.6) is 0 Å². The molecule has 2 rings (SSSR count). The predicted octanol–water partition coefficient (Wildman–Crippen LogP) is 3.13. The topological polar surface area (TPSA) is 93.0 Å². The van der Waals surface area contributed by atoms with E-state index in [2.05, 4.69) is 20.6 Å². The van der Waals surface area contributed by atoms with Crippen LogP contribution in [-0.2, 0) is 0 Å². The number of anilines is 3. The maximum atomic E-state index is 11.1. The SMILES string of the molecule is CNc1nc(C)c([N+](=O)[O-])c(Nc2ccc(Cl)cc2)n1. The molecule has 7 nitrogen and oxygen atoms in total. The van der Waals surface area contributed by atoms with Crippen LogP contribution in [0.3, 0.4) is 0 Å². The quantitative estimate of drug-likeness (QED) is 0.664. The van der Waals surface area contributed by atoms with E-state index in [1.165, 1.54) is 0 Å². The van der Waals surface area contributed by atoms with Gasteiger partial charge in [-0.1, -0.05) is 11.6 Å². The van der Waals surface area contributed by atoms with Crippen LogP contribution in [0.1, 0.15) is 5.69 Å². The molecule has 0 saturated carbocycles. The Morgan fingerprint density at radius 3 is 2.45 bits per heavy atom. The minimum absolute atomic E-state index is 0.133. The number of aromatic nitrogens is 2. The highest BCUT2D eigenvalue weighted by atomic mass is 35.5. The van der Waals surface area contributed by atoms with Crippen LogP contribution in [0.25, 0.3) is 0 Å². The predicted molar refractivity (Wildman–Crippen MR) is 77.7 cm³/mol. The summed E-state index contributed by atoms with van der Waals surface area (Å²) < 4.78 is 0. The molecule has 0 radical (unpaired) electrons. The van der Waals surface area contributed by atoms with E-state index in [1.807, 2.05) is 0 Å². The molecule has 8 heteroatoms. The fraction of sp³-hybridized carbons (Fsp3) is 0.167. The van der Waals surface area contributed by atoms with Crippen molar-refractivity contribution in [3.05, 3.63) is 45.1 Å². The fourth-order valence-corrected chi connectivity index (χ4v) is 1.78. The van der Waals surface area contributed by atoms with Crippen molar-refractivity contribution in [2.75, 3.05) is 17.7 Å². The van der Waals surface area contributed by atoms with Crippen LogP contribution < -0.4 is 10.6 Å². The van der Waals surface area contributed by atoms with Crippen molar-refractivity contribution in [2.45, 2.75) is 6.92 Å². The van der Waals surface area contributed by atoms with E-state index >= 15 is 0 Å². The average molecular weight is 294 g/mol. The molecule has 0 atom stereocenters. The molecule has 0 saturated heterocycles. The van der Waals surface area contributed by atoms with Gasteiger partial charge in [0.25, 0.3) is 0 Å². The normalized spacial score (nSPS) is 10.2. The van der Waals surface area contributed by atoms with Crippen molar-refractivity contribution in [1.29, 1.82) is 0 Å². The number of benzene rings is 1. The Balaban J connectivity index is 2.45. The molecular weight excluding hydrogens is 282 g/mol. The van der Waals surface area contributed by atoms with Crippen LogP contribution in [0.4, 0.5) is 23.1 Å². The Morgan fingerprint density at radius 1 is 1.25 bits per heavy atom. The summed E-state index contributed by atoms with van der Waals surface area (Å²) in [4.78, 5) is 18.7. The molecule has 0 amide bonds. The summed E-state index contributed by atoms with van der Waals surface area (Å²) in [6.07, 6.45) is 0. The van der Waals surface area contributed by atoms with Gasteiger partial charge < -0.3 is 10.6 Å². The number of rotatable bonds is 4. The molecule has 20 heavy (non-hydrogen) atoms. The van der Waals surface area contributed by atoms with E-state index < -0.39 is 4.92 Å². The van der Waals surface area contributed by atoms with Gasteiger partial charge in [0.2, 0.25) is 11.8 Å². The number of aryl methyl sites for hydroxylation is 1. The Kier molecular flexibility index (Phi) is 3.99. The molecule has 0 spiro atoms. The zero-order valence-electron chi connectivity index (χ0n) is 10.8. The first-order chi connectivity index (χ1) is 9.51. The van der Waals surface area contributed by atoms with Crippen molar-refractivity contribution in [2.24, 2.45) is 0 Å². The molecule has 0 aliphatic rings. The van der Waals surface area contributed by atoms with Crippen molar-refractivity contribution in [3.8, 4) is 0 Å². The van der Waals surface area contributed by atoms with Gasteiger partial charge in [0.05, 0.1) is 4.92 Å². The number of hydrogen-bond acceptors (Lipinski definition) is 6. The summed E-state index contributed by atoms with van der Waals surface area (Å²) in [5.41, 5.74) is 0.780. The molecule has 1 aromatic heterocycles. The van der Waals surface area contributed by atoms with Crippen molar-refractivity contribution in [1.82, 2.24) is 9.97 Å². The Labute approximate surface area is 120 Å². The van der Waals surface area contributed by atoms with Gasteiger partial charge >= 0.3 is 5.69 Å². The molecule has 0 aliphatic carbocycles. The molecule has 1 heterocycles. The first-order valence-electron chi connectivity index (χ1n) is 5.74. The van der Waals surface area contributed by atoms with Gasteiger partial charge in [-0.05, 0) is 31.2 Å². The summed E-state index contributed by atoms with van der Waals surface area (Å²) in [5, 5.41) is 17.4. The van der Waals surface area contributed by atoms with E-state index in [0.717, 1.165) is 0 Å². The number of nitro groups is 1. The molecule has 0 fully saturated rings. The van der Waals surface area contributed by atoms with Gasteiger partial charge in [-0.2, -0.15) is 4.98 Å². The maximum absolute atomic E-state index is 11.1. The third-order valence-corrected chi connectivity index (χ3v) is 2.82. The van der Waals surface area contributed by atoms with Crippen molar-refractivity contribution >= 4 is 34.7 Å². The van der Waals surface area contributed by atoms with Crippen LogP contribution in [0.2, 0.25) is 5.02 Å².